The number of nitrogens with zero attached hydrogens (tertiary/aromatic N) is 4. The molecule has 3 rings (SSSR count). The van der Waals surface area contributed by atoms with E-state index in [0.29, 0.717) is 27.7 Å². The number of carbonyl (C=O) groups excluding carboxylic acids is 2. The zero-order valence-electron chi connectivity index (χ0n) is 16.8. The Morgan fingerprint density at radius 1 is 1.14 bits per heavy atom. The molecule has 0 radical (unpaired) electrons. The summed E-state index contributed by atoms with van der Waals surface area (Å²) < 4.78 is 1.67. The Balaban J connectivity index is 1.90. The van der Waals surface area contributed by atoms with Crippen LogP contribution >= 0.6 is 11.8 Å². The SMILES string of the molecule is CC(=O)c1c(C)[nH]c(C(=O)[C@@H](C)Sc2nnnn2-c2c(C)cccc2C)c1C. The lowest BCUT2D eigenvalue weighted by molar-refractivity contribution is 0.0988. The number of aryl methyl sites for hydroxylation is 3. The lowest BCUT2D eigenvalue weighted by atomic mass is 10.0. The number of thioether (sulfide) groups is 1. The number of hydrogen-bond acceptors (Lipinski definition) is 6. The van der Waals surface area contributed by atoms with Gasteiger partial charge in [-0.05, 0) is 68.7 Å². The van der Waals surface area contributed by atoms with E-state index in [4.69, 9.17) is 0 Å². The molecule has 0 aliphatic heterocycles. The van der Waals surface area contributed by atoms with Gasteiger partial charge in [0.15, 0.2) is 11.6 Å². The highest BCUT2D eigenvalue weighted by atomic mass is 32.2. The molecule has 8 heteroatoms. The Morgan fingerprint density at radius 3 is 2.36 bits per heavy atom. The average Bonchev–Trinajstić information content (AvgIpc) is 3.18. The van der Waals surface area contributed by atoms with Gasteiger partial charge in [0.1, 0.15) is 0 Å². The normalized spacial score (nSPS) is 12.2. The highest BCUT2D eigenvalue weighted by Gasteiger charge is 2.26. The summed E-state index contributed by atoms with van der Waals surface area (Å²) in [5.41, 5.74) is 5.47. The molecule has 0 aliphatic rings. The largest absolute Gasteiger partial charge is 0.355 e. The van der Waals surface area contributed by atoms with Crippen LogP contribution in [-0.4, -0.2) is 42.0 Å². The number of carbonyl (C=O) groups is 2. The minimum Gasteiger partial charge on any atom is -0.355 e. The summed E-state index contributed by atoms with van der Waals surface area (Å²) >= 11 is 1.30. The second-order valence-electron chi connectivity index (χ2n) is 6.92. The maximum Gasteiger partial charge on any atom is 0.214 e. The number of para-hydroxylation sites is 1. The molecule has 0 fully saturated rings. The van der Waals surface area contributed by atoms with Gasteiger partial charge in [-0.1, -0.05) is 30.0 Å². The third kappa shape index (κ3) is 3.52. The van der Waals surface area contributed by atoms with E-state index in [2.05, 4.69) is 20.5 Å². The van der Waals surface area contributed by atoms with Crippen LogP contribution in [-0.2, 0) is 0 Å². The van der Waals surface area contributed by atoms with Crippen LogP contribution in [0.15, 0.2) is 23.4 Å². The minimum absolute atomic E-state index is 0.0513. The van der Waals surface area contributed by atoms with E-state index >= 15 is 0 Å². The van der Waals surface area contributed by atoms with E-state index in [1.807, 2.05) is 39.0 Å². The molecule has 0 aliphatic carbocycles. The van der Waals surface area contributed by atoms with E-state index in [0.717, 1.165) is 16.8 Å². The second-order valence-corrected chi connectivity index (χ2v) is 8.23. The highest BCUT2D eigenvalue weighted by Crippen LogP contribution is 2.29. The smallest absolute Gasteiger partial charge is 0.214 e. The maximum atomic E-state index is 13.0. The van der Waals surface area contributed by atoms with Crippen LogP contribution in [0.2, 0.25) is 0 Å². The third-order valence-corrected chi connectivity index (χ3v) is 5.81. The van der Waals surface area contributed by atoms with E-state index in [1.54, 1.807) is 18.5 Å². The van der Waals surface area contributed by atoms with E-state index in [1.165, 1.54) is 18.7 Å². The Labute approximate surface area is 167 Å². The summed E-state index contributed by atoms with van der Waals surface area (Å²) in [6, 6.07) is 5.99. The number of benzene rings is 1. The van der Waals surface area contributed by atoms with Gasteiger partial charge in [0.05, 0.1) is 16.6 Å². The van der Waals surface area contributed by atoms with E-state index in [-0.39, 0.29) is 11.6 Å². The number of aromatic amines is 1. The van der Waals surface area contributed by atoms with Crippen molar-refractivity contribution in [2.75, 3.05) is 0 Å². The van der Waals surface area contributed by atoms with Gasteiger partial charge in [-0.25, -0.2) is 0 Å². The fraction of sp³-hybridized carbons (Fsp3) is 0.350. The monoisotopic (exact) mass is 397 g/mol. The first-order valence-corrected chi connectivity index (χ1v) is 9.86. The van der Waals surface area contributed by atoms with E-state index < -0.39 is 5.25 Å². The molecule has 0 saturated carbocycles. The standard InChI is InChI=1S/C20H23N5O2S/c1-10-8-7-9-11(2)18(10)25-20(22-23-24-25)28-15(6)19(27)17-12(3)16(14(5)26)13(4)21-17/h7-9,15,21H,1-6H3/t15-/m1/s1. The van der Waals surface area contributed by atoms with Crippen molar-refractivity contribution in [2.45, 2.75) is 51.9 Å². The fourth-order valence-corrected chi connectivity index (χ4v) is 4.32. The Morgan fingerprint density at radius 2 is 1.79 bits per heavy atom. The van der Waals surface area contributed by atoms with Gasteiger partial charge in [-0.3, -0.25) is 9.59 Å². The number of tetrazole rings is 1. The summed E-state index contributed by atoms with van der Waals surface area (Å²) in [6.07, 6.45) is 0. The van der Waals surface area contributed by atoms with Gasteiger partial charge in [0, 0.05) is 11.3 Å². The van der Waals surface area contributed by atoms with Crippen LogP contribution in [0.4, 0.5) is 0 Å². The van der Waals surface area contributed by atoms with Gasteiger partial charge in [-0.15, -0.1) is 5.10 Å². The lowest BCUT2D eigenvalue weighted by Gasteiger charge is -2.13. The molecular weight excluding hydrogens is 374 g/mol. The zero-order chi connectivity index (χ0) is 20.6. The van der Waals surface area contributed by atoms with Gasteiger partial charge < -0.3 is 4.98 Å². The third-order valence-electron chi connectivity index (χ3n) is 4.78. The first kappa shape index (κ1) is 20.0. The van der Waals surface area contributed by atoms with Crippen molar-refractivity contribution in [1.29, 1.82) is 0 Å². The molecule has 0 amide bonds. The summed E-state index contributed by atoms with van der Waals surface area (Å²) in [6.45, 7) is 10.9. The van der Waals surface area contributed by atoms with Crippen LogP contribution in [0.3, 0.4) is 0 Å². The summed E-state index contributed by atoms with van der Waals surface area (Å²) in [5.74, 6) is -0.140. The molecular formula is C20H23N5O2S. The van der Waals surface area contributed by atoms with Crippen LogP contribution in [0.25, 0.3) is 5.69 Å². The number of ketones is 2. The molecule has 0 bridgehead atoms. The molecule has 2 aromatic heterocycles. The van der Waals surface area contributed by atoms with E-state index in [9.17, 15) is 9.59 Å². The molecule has 0 spiro atoms. The molecule has 28 heavy (non-hydrogen) atoms. The quantitative estimate of drug-likeness (QED) is 0.502. The first-order valence-electron chi connectivity index (χ1n) is 8.98. The molecule has 2 heterocycles. The molecule has 3 aromatic rings. The second kappa shape index (κ2) is 7.71. The topological polar surface area (TPSA) is 93.5 Å². The molecule has 7 nitrogen and oxygen atoms in total. The predicted octanol–water partition coefficient (Wildman–Crippen LogP) is 3.79. The highest BCUT2D eigenvalue weighted by molar-refractivity contribution is 8.00. The average molecular weight is 398 g/mol. The Kier molecular flexibility index (Phi) is 5.51. The molecule has 146 valence electrons. The van der Waals surface area contributed by atoms with Crippen molar-refractivity contribution in [3.63, 3.8) is 0 Å². The fourth-order valence-electron chi connectivity index (χ4n) is 3.47. The number of rotatable bonds is 6. The van der Waals surface area contributed by atoms with Gasteiger partial charge in [0.2, 0.25) is 5.16 Å². The molecule has 1 N–H and O–H groups in total. The van der Waals surface area contributed by atoms with Crippen LogP contribution in [0.1, 0.15) is 57.1 Å². The first-order chi connectivity index (χ1) is 13.2. The van der Waals surface area contributed by atoms with Crippen LogP contribution in [0.5, 0.6) is 0 Å². The van der Waals surface area contributed by atoms with Gasteiger partial charge in [0.25, 0.3) is 0 Å². The minimum atomic E-state index is -0.425. The Bertz CT molecular complexity index is 1050. The molecule has 0 saturated heterocycles. The number of hydrogen-bond donors (Lipinski definition) is 1. The summed E-state index contributed by atoms with van der Waals surface area (Å²) in [7, 11) is 0. The predicted molar refractivity (Wildman–Crippen MR) is 109 cm³/mol. The number of Topliss-reactive ketones (excluding diaryl/α,β-unsaturated/α-hetero) is 2. The van der Waals surface area contributed by atoms with Crippen molar-refractivity contribution < 1.29 is 9.59 Å². The summed E-state index contributed by atoms with van der Waals surface area (Å²) in [4.78, 5) is 27.9. The molecule has 0 unspecified atom stereocenters. The molecule has 1 aromatic carbocycles. The van der Waals surface area contributed by atoms with Crippen molar-refractivity contribution in [2.24, 2.45) is 0 Å². The number of nitrogens with one attached hydrogen (secondary N) is 1. The van der Waals surface area contributed by atoms with Gasteiger partial charge in [-0.2, -0.15) is 4.68 Å². The van der Waals surface area contributed by atoms with Crippen LogP contribution < -0.4 is 0 Å². The van der Waals surface area contributed by atoms with Crippen LogP contribution in [0, 0.1) is 27.7 Å². The number of aromatic nitrogens is 5. The number of H-pyrrole nitrogens is 1. The summed E-state index contributed by atoms with van der Waals surface area (Å²) in [5, 5.41) is 12.2. The van der Waals surface area contributed by atoms with Crippen molar-refractivity contribution in [3.8, 4) is 5.69 Å². The van der Waals surface area contributed by atoms with Crippen molar-refractivity contribution >= 4 is 23.3 Å². The Hall–Kier alpha value is -2.74. The zero-order valence-corrected chi connectivity index (χ0v) is 17.6. The van der Waals surface area contributed by atoms with Gasteiger partial charge >= 0.3 is 0 Å². The van der Waals surface area contributed by atoms with Crippen molar-refractivity contribution in [3.05, 3.63) is 51.8 Å². The maximum absolute atomic E-state index is 13.0. The lowest BCUT2D eigenvalue weighted by Crippen LogP contribution is -2.16. The molecule has 1 atom stereocenters. The van der Waals surface area contributed by atoms with Crippen molar-refractivity contribution in [1.82, 2.24) is 25.2 Å².